The number of thioether (sulfide) groups is 1. The number of benzene rings is 2. The van der Waals surface area contributed by atoms with Crippen molar-refractivity contribution in [2.24, 2.45) is 0 Å². The lowest BCUT2D eigenvalue weighted by Crippen LogP contribution is -2.24. The molecule has 0 radical (unpaired) electrons. The molecule has 0 bridgehead atoms. The summed E-state index contributed by atoms with van der Waals surface area (Å²) < 4.78 is 5.74. The van der Waals surface area contributed by atoms with E-state index in [1.807, 2.05) is 62.6 Å². The molecule has 0 saturated carbocycles. The van der Waals surface area contributed by atoms with Crippen LogP contribution in [0, 0.1) is 13.8 Å². The van der Waals surface area contributed by atoms with Gasteiger partial charge in [0.2, 0.25) is 5.78 Å². The van der Waals surface area contributed by atoms with Gasteiger partial charge in [-0.1, -0.05) is 12.1 Å². The van der Waals surface area contributed by atoms with Crippen LogP contribution in [0.15, 0.2) is 47.4 Å². The molecule has 2 nitrogen and oxygen atoms in total. The van der Waals surface area contributed by atoms with E-state index in [2.05, 4.69) is 0 Å². The summed E-state index contributed by atoms with van der Waals surface area (Å²) in [4.78, 5) is 13.6. The summed E-state index contributed by atoms with van der Waals surface area (Å²) in [6, 6.07) is 13.5. The lowest BCUT2D eigenvalue weighted by atomic mass is 10.0. The topological polar surface area (TPSA) is 26.3 Å². The molecule has 0 aliphatic heterocycles. The Balaban J connectivity index is 2.09. The summed E-state index contributed by atoms with van der Waals surface area (Å²) >= 11 is 1.68. The maximum Gasteiger partial charge on any atom is 0.203 e. The van der Waals surface area contributed by atoms with Gasteiger partial charge in [0.1, 0.15) is 5.75 Å². The summed E-state index contributed by atoms with van der Waals surface area (Å²) in [5, 5.41) is 0. The van der Waals surface area contributed by atoms with Crippen molar-refractivity contribution in [3.63, 3.8) is 0 Å². The number of Topliss-reactive ketones (excluding diaryl/α,β-unsaturated/α-hetero) is 1. The van der Waals surface area contributed by atoms with Gasteiger partial charge in [0.05, 0.1) is 0 Å². The van der Waals surface area contributed by atoms with Crippen molar-refractivity contribution in [3.8, 4) is 5.75 Å². The first kappa shape index (κ1) is 15.6. The first-order valence-corrected chi connectivity index (χ1v) is 8.16. The molecular weight excluding hydrogens is 280 g/mol. The van der Waals surface area contributed by atoms with Crippen LogP contribution in [0.25, 0.3) is 0 Å². The van der Waals surface area contributed by atoms with Gasteiger partial charge < -0.3 is 4.74 Å². The maximum absolute atomic E-state index is 12.4. The molecule has 0 N–H and O–H groups in total. The van der Waals surface area contributed by atoms with Crippen molar-refractivity contribution >= 4 is 17.5 Å². The molecule has 110 valence electrons. The Morgan fingerprint density at radius 3 is 2.29 bits per heavy atom. The molecule has 2 rings (SSSR count). The molecule has 0 amide bonds. The van der Waals surface area contributed by atoms with Crippen LogP contribution < -0.4 is 4.74 Å². The Morgan fingerprint density at radius 2 is 1.71 bits per heavy atom. The molecule has 3 heteroatoms. The van der Waals surface area contributed by atoms with Crippen LogP contribution >= 0.6 is 11.8 Å². The predicted molar refractivity (Wildman–Crippen MR) is 88.6 cm³/mol. The Morgan fingerprint density at radius 1 is 1.05 bits per heavy atom. The molecule has 0 aromatic heterocycles. The largest absolute Gasteiger partial charge is 0.483 e. The number of ketones is 1. The van der Waals surface area contributed by atoms with Gasteiger partial charge >= 0.3 is 0 Å². The van der Waals surface area contributed by atoms with Gasteiger partial charge in [0, 0.05) is 10.5 Å². The number of hydrogen-bond donors (Lipinski definition) is 0. The van der Waals surface area contributed by atoms with E-state index < -0.39 is 6.10 Å². The number of ether oxygens (including phenoxy) is 1. The van der Waals surface area contributed by atoms with Gasteiger partial charge in [-0.05, 0) is 68.5 Å². The first-order valence-electron chi connectivity index (χ1n) is 6.93. The smallest absolute Gasteiger partial charge is 0.203 e. The van der Waals surface area contributed by atoms with E-state index in [1.165, 1.54) is 10.5 Å². The van der Waals surface area contributed by atoms with Crippen LogP contribution in [-0.4, -0.2) is 18.1 Å². The van der Waals surface area contributed by atoms with Gasteiger partial charge in [0.25, 0.3) is 0 Å². The minimum atomic E-state index is -0.493. The summed E-state index contributed by atoms with van der Waals surface area (Å²) in [5.74, 6) is 0.726. The molecule has 0 fully saturated rings. The molecule has 0 saturated heterocycles. The van der Waals surface area contributed by atoms with E-state index in [9.17, 15) is 4.79 Å². The first-order chi connectivity index (χ1) is 10.0. The van der Waals surface area contributed by atoms with Crippen LogP contribution in [0.3, 0.4) is 0 Å². The molecule has 21 heavy (non-hydrogen) atoms. The molecular formula is C18H20O2S. The zero-order valence-electron chi connectivity index (χ0n) is 12.8. The van der Waals surface area contributed by atoms with Crippen LogP contribution in [-0.2, 0) is 0 Å². The van der Waals surface area contributed by atoms with Gasteiger partial charge in [0.15, 0.2) is 6.10 Å². The lowest BCUT2D eigenvalue weighted by Gasteiger charge is -2.14. The Labute approximate surface area is 130 Å². The fourth-order valence-corrected chi connectivity index (χ4v) is 2.45. The number of aryl methyl sites for hydroxylation is 2. The normalized spacial score (nSPS) is 12.0. The minimum absolute atomic E-state index is 0.00652. The van der Waals surface area contributed by atoms with E-state index in [0.29, 0.717) is 5.56 Å². The van der Waals surface area contributed by atoms with Crippen molar-refractivity contribution in [1.29, 1.82) is 0 Å². The molecule has 0 aliphatic rings. The zero-order chi connectivity index (χ0) is 15.4. The monoisotopic (exact) mass is 300 g/mol. The SMILES string of the molecule is CSc1ccc(OC(C)C(=O)c2ccc(C)c(C)c2)cc1. The molecule has 0 aliphatic carbocycles. The van der Waals surface area contributed by atoms with Crippen LogP contribution in [0.2, 0.25) is 0 Å². The highest BCUT2D eigenvalue weighted by Crippen LogP contribution is 2.21. The van der Waals surface area contributed by atoms with Crippen molar-refractivity contribution in [2.45, 2.75) is 31.8 Å². The van der Waals surface area contributed by atoms with Gasteiger partial charge in [-0.3, -0.25) is 4.79 Å². The number of hydrogen-bond acceptors (Lipinski definition) is 3. The van der Waals surface area contributed by atoms with Gasteiger partial charge in [-0.2, -0.15) is 0 Å². The average Bonchev–Trinajstić information content (AvgIpc) is 2.50. The second-order valence-electron chi connectivity index (χ2n) is 5.10. The van der Waals surface area contributed by atoms with Crippen LogP contribution in [0.5, 0.6) is 5.75 Å². The number of carbonyl (C=O) groups excluding carboxylic acids is 1. The number of carbonyl (C=O) groups is 1. The van der Waals surface area contributed by atoms with Crippen LogP contribution in [0.4, 0.5) is 0 Å². The quantitative estimate of drug-likeness (QED) is 0.592. The van der Waals surface area contributed by atoms with Crippen molar-refractivity contribution in [1.82, 2.24) is 0 Å². The highest BCUT2D eigenvalue weighted by Gasteiger charge is 2.17. The summed E-state index contributed by atoms with van der Waals surface area (Å²) in [7, 11) is 0. The van der Waals surface area contributed by atoms with Crippen molar-refractivity contribution < 1.29 is 9.53 Å². The van der Waals surface area contributed by atoms with E-state index >= 15 is 0 Å². The van der Waals surface area contributed by atoms with Crippen molar-refractivity contribution in [3.05, 3.63) is 59.2 Å². The number of rotatable bonds is 5. The summed E-state index contributed by atoms with van der Waals surface area (Å²) in [5.41, 5.74) is 3.01. The highest BCUT2D eigenvalue weighted by atomic mass is 32.2. The predicted octanol–water partition coefficient (Wildman–Crippen LogP) is 4.68. The fourth-order valence-electron chi connectivity index (χ4n) is 2.04. The second kappa shape index (κ2) is 6.81. The summed E-state index contributed by atoms with van der Waals surface area (Å²) in [6.45, 7) is 5.84. The minimum Gasteiger partial charge on any atom is -0.483 e. The Hall–Kier alpha value is -1.74. The van der Waals surface area contributed by atoms with Crippen molar-refractivity contribution in [2.75, 3.05) is 6.26 Å². The third kappa shape index (κ3) is 3.88. The highest BCUT2D eigenvalue weighted by molar-refractivity contribution is 7.98. The third-order valence-corrected chi connectivity index (χ3v) is 4.28. The zero-order valence-corrected chi connectivity index (χ0v) is 13.7. The molecule has 1 unspecified atom stereocenters. The molecule has 2 aromatic rings. The average molecular weight is 300 g/mol. The Bertz CT molecular complexity index is 632. The van der Waals surface area contributed by atoms with Gasteiger partial charge in [-0.25, -0.2) is 0 Å². The third-order valence-electron chi connectivity index (χ3n) is 3.53. The Kier molecular flexibility index (Phi) is 5.07. The standard InChI is InChI=1S/C18H20O2S/c1-12-5-6-15(11-13(12)2)18(19)14(3)20-16-7-9-17(21-4)10-8-16/h5-11,14H,1-4H3. The van der Waals surface area contributed by atoms with E-state index in [0.717, 1.165) is 11.3 Å². The van der Waals surface area contributed by atoms with Crippen LogP contribution in [0.1, 0.15) is 28.4 Å². The second-order valence-corrected chi connectivity index (χ2v) is 5.98. The van der Waals surface area contributed by atoms with Gasteiger partial charge in [-0.15, -0.1) is 11.8 Å². The summed E-state index contributed by atoms with van der Waals surface area (Å²) in [6.07, 6.45) is 1.54. The molecule has 0 heterocycles. The van der Waals surface area contributed by atoms with E-state index in [4.69, 9.17) is 4.74 Å². The molecule has 0 spiro atoms. The fraction of sp³-hybridized carbons (Fsp3) is 0.278. The van der Waals surface area contributed by atoms with E-state index in [-0.39, 0.29) is 5.78 Å². The maximum atomic E-state index is 12.4. The van der Waals surface area contributed by atoms with E-state index in [1.54, 1.807) is 18.7 Å². The lowest BCUT2D eigenvalue weighted by molar-refractivity contribution is 0.0818. The molecule has 2 aromatic carbocycles. The molecule has 1 atom stereocenters.